The topological polar surface area (TPSA) is 24.5 Å². The highest BCUT2D eigenvalue weighted by Crippen LogP contribution is 2.41. The normalized spacial score (nSPS) is 14.0. The third kappa shape index (κ3) is 9.58. The minimum absolute atomic E-state index is 0. The van der Waals surface area contributed by atoms with Crippen LogP contribution in [-0.2, 0) is 12.0 Å². The van der Waals surface area contributed by atoms with Crippen LogP contribution in [0.15, 0.2) is 115 Å². The van der Waals surface area contributed by atoms with Gasteiger partial charge in [0.05, 0.1) is 7.11 Å². The summed E-state index contributed by atoms with van der Waals surface area (Å²) in [6, 6.07) is 42.0. The lowest BCUT2D eigenvalue weighted by Gasteiger charge is -2.37. The van der Waals surface area contributed by atoms with Crippen molar-refractivity contribution in [3.8, 4) is 5.75 Å². The fourth-order valence-corrected chi connectivity index (χ4v) is 6.73. The fourth-order valence-electron chi connectivity index (χ4n) is 6.73. The zero-order valence-electron chi connectivity index (χ0n) is 25.5. The Hall–Kier alpha value is -2.82. The minimum Gasteiger partial charge on any atom is -0.497 e. The van der Waals surface area contributed by atoms with Crippen LogP contribution >= 0.6 is 24.8 Å². The molecule has 4 aromatic carbocycles. The highest BCUT2D eigenvalue weighted by molar-refractivity contribution is 5.85. The molecule has 0 amide bonds. The summed E-state index contributed by atoms with van der Waals surface area (Å²) < 4.78 is 5.40. The second-order valence-corrected chi connectivity index (χ2v) is 11.6. The fraction of sp³-hybridized carbons (Fsp3) is 0.368. The molecule has 5 heteroatoms. The van der Waals surface area contributed by atoms with Gasteiger partial charge in [0.2, 0.25) is 0 Å². The van der Waals surface area contributed by atoms with E-state index in [2.05, 4.69) is 119 Å². The third-order valence-corrected chi connectivity index (χ3v) is 9.01. The quantitative estimate of drug-likeness (QED) is 0.143. The van der Waals surface area contributed by atoms with Gasteiger partial charge in [-0.05, 0) is 105 Å². The first-order valence-electron chi connectivity index (χ1n) is 15.5. The van der Waals surface area contributed by atoms with E-state index < -0.39 is 0 Å². The van der Waals surface area contributed by atoms with Gasteiger partial charge in [0.25, 0.3) is 0 Å². The van der Waals surface area contributed by atoms with Crippen molar-refractivity contribution in [1.29, 1.82) is 0 Å². The van der Waals surface area contributed by atoms with E-state index in [-0.39, 0.29) is 30.2 Å². The highest BCUT2D eigenvalue weighted by Gasteiger charge is 2.33. The largest absolute Gasteiger partial charge is 0.497 e. The van der Waals surface area contributed by atoms with Gasteiger partial charge in [0.15, 0.2) is 0 Å². The Balaban J connectivity index is 0.00000253. The summed E-state index contributed by atoms with van der Waals surface area (Å²) in [7, 11) is 1.73. The molecule has 0 bridgehead atoms. The molecular weight excluding hydrogens is 571 g/mol. The maximum atomic E-state index is 5.40. The molecule has 0 spiro atoms. The maximum absolute atomic E-state index is 5.40. The van der Waals surface area contributed by atoms with Gasteiger partial charge in [-0.2, -0.15) is 0 Å². The number of likely N-dealkylation sites (tertiary alicyclic amines) is 1. The van der Waals surface area contributed by atoms with Gasteiger partial charge in [-0.25, -0.2) is 0 Å². The molecule has 0 radical (unpaired) electrons. The number of hydrogen-bond acceptors (Lipinski definition) is 3. The first-order valence-corrected chi connectivity index (χ1v) is 15.5. The molecule has 0 saturated carbocycles. The molecule has 1 saturated heterocycles. The summed E-state index contributed by atoms with van der Waals surface area (Å²) in [6.45, 7) is 5.44. The van der Waals surface area contributed by atoms with E-state index in [9.17, 15) is 0 Å². The van der Waals surface area contributed by atoms with Crippen molar-refractivity contribution in [2.45, 2.75) is 56.4 Å². The number of hydrogen-bond donors (Lipinski definition) is 1. The number of nitrogens with zero attached hydrogens (tertiary/aromatic N) is 1. The molecule has 1 fully saturated rings. The van der Waals surface area contributed by atoms with Crippen LogP contribution in [0.3, 0.4) is 0 Å². The van der Waals surface area contributed by atoms with E-state index in [1.54, 1.807) is 7.11 Å². The lowest BCUT2D eigenvalue weighted by Crippen LogP contribution is -2.35. The Morgan fingerprint density at radius 2 is 1.30 bits per heavy atom. The SMILES string of the molecule is COc1cccc(CNCCCC(CCCN2CCC(c3ccccc3)CC2)(c2ccccc2)c2ccccc2)c1.Cl.Cl. The third-order valence-electron chi connectivity index (χ3n) is 9.01. The number of methoxy groups -OCH3 is 1. The van der Waals surface area contributed by atoms with Crippen molar-refractivity contribution < 1.29 is 4.74 Å². The van der Waals surface area contributed by atoms with Crippen molar-refractivity contribution in [3.63, 3.8) is 0 Å². The first-order chi connectivity index (χ1) is 20.3. The zero-order chi connectivity index (χ0) is 28.2. The van der Waals surface area contributed by atoms with Crippen LogP contribution in [0, 0.1) is 0 Å². The van der Waals surface area contributed by atoms with Gasteiger partial charge in [0.1, 0.15) is 5.75 Å². The molecule has 1 aliphatic heterocycles. The van der Waals surface area contributed by atoms with Crippen molar-refractivity contribution in [1.82, 2.24) is 10.2 Å². The predicted molar refractivity (Wildman–Crippen MR) is 186 cm³/mol. The van der Waals surface area contributed by atoms with E-state index in [0.29, 0.717) is 5.92 Å². The van der Waals surface area contributed by atoms with E-state index in [4.69, 9.17) is 4.74 Å². The Morgan fingerprint density at radius 1 is 0.721 bits per heavy atom. The van der Waals surface area contributed by atoms with Gasteiger partial charge in [-0.1, -0.05) is 103 Å². The van der Waals surface area contributed by atoms with Gasteiger partial charge in [-0.3, -0.25) is 0 Å². The molecule has 0 unspecified atom stereocenters. The van der Waals surface area contributed by atoms with Crippen molar-refractivity contribution in [2.75, 3.05) is 33.3 Å². The molecule has 0 atom stereocenters. The Bertz CT molecular complexity index is 1260. The number of halogens is 2. The molecule has 1 N–H and O–H groups in total. The lowest BCUT2D eigenvalue weighted by atomic mass is 9.68. The van der Waals surface area contributed by atoms with Gasteiger partial charge >= 0.3 is 0 Å². The van der Waals surface area contributed by atoms with E-state index in [0.717, 1.165) is 38.1 Å². The summed E-state index contributed by atoms with van der Waals surface area (Å²) in [6.07, 6.45) is 7.15. The molecule has 5 rings (SSSR count). The predicted octanol–water partition coefficient (Wildman–Crippen LogP) is 9.05. The van der Waals surface area contributed by atoms with Gasteiger partial charge in [-0.15, -0.1) is 24.8 Å². The number of ether oxygens (including phenoxy) is 1. The molecule has 230 valence electrons. The van der Waals surface area contributed by atoms with Crippen LogP contribution < -0.4 is 10.1 Å². The van der Waals surface area contributed by atoms with Crippen LogP contribution in [0.2, 0.25) is 0 Å². The number of rotatable bonds is 14. The van der Waals surface area contributed by atoms with Gasteiger partial charge in [0, 0.05) is 12.0 Å². The van der Waals surface area contributed by atoms with E-state index in [1.165, 1.54) is 61.2 Å². The summed E-state index contributed by atoms with van der Waals surface area (Å²) in [5.74, 6) is 1.63. The lowest BCUT2D eigenvalue weighted by molar-refractivity contribution is 0.203. The second-order valence-electron chi connectivity index (χ2n) is 11.6. The number of nitrogens with one attached hydrogen (secondary N) is 1. The second kappa shape index (κ2) is 18.1. The Labute approximate surface area is 271 Å². The van der Waals surface area contributed by atoms with Crippen LogP contribution in [0.4, 0.5) is 0 Å². The van der Waals surface area contributed by atoms with Crippen LogP contribution in [0.5, 0.6) is 5.75 Å². The smallest absolute Gasteiger partial charge is 0.119 e. The molecule has 4 aromatic rings. The number of benzene rings is 4. The van der Waals surface area contributed by atoms with Crippen molar-refractivity contribution in [2.24, 2.45) is 0 Å². The monoisotopic (exact) mass is 618 g/mol. The van der Waals surface area contributed by atoms with E-state index in [1.807, 2.05) is 6.07 Å². The molecule has 1 aliphatic rings. The zero-order valence-corrected chi connectivity index (χ0v) is 27.1. The highest BCUT2D eigenvalue weighted by atomic mass is 35.5. The van der Waals surface area contributed by atoms with Gasteiger partial charge < -0.3 is 15.0 Å². The molecule has 43 heavy (non-hydrogen) atoms. The van der Waals surface area contributed by atoms with Crippen LogP contribution in [0.25, 0.3) is 0 Å². The summed E-state index contributed by atoms with van der Waals surface area (Å²) in [5.41, 5.74) is 5.68. The average Bonchev–Trinajstić information content (AvgIpc) is 3.05. The minimum atomic E-state index is 0. The standard InChI is InChI=1S/C38H46N2O.2ClH/c1-41-37-21-11-14-32(30-37)31-39-26-12-24-38(35-17-7-3-8-18-35,36-19-9-4-10-20-36)25-13-27-40-28-22-34(23-29-40)33-15-5-2-6-16-33;;/h2-11,14-21,30,34,39H,12-13,22-29,31H2,1H3;2*1H. The Kier molecular flexibility index (Phi) is 14.6. The molecule has 3 nitrogen and oxygen atoms in total. The van der Waals surface area contributed by atoms with Crippen molar-refractivity contribution in [3.05, 3.63) is 138 Å². The molecule has 0 aromatic heterocycles. The van der Waals surface area contributed by atoms with Crippen LogP contribution in [0.1, 0.15) is 66.7 Å². The summed E-state index contributed by atoms with van der Waals surface area (Å²) in [4.78, 5) is 2.70. The average molecular weight is 620 g/mol. The summed E-state index contributed by atoms with van der Waals surface area (Å²) >= 11 is 0. The summed E-state index contributed by atoms with van der Waals surface area (Å²) in [5, 5.41) is 3.69. The maximum Gasteiger partial charge on any atom is 0.119 e. The van der Waals surface area contributed by atoms with E-state index >= 15 is 0 Å². The Morgan fingerprint density at radius 3 is 1.91 bits per heavy atom. The molecular formula is C38H48Cl2N2O. The van der Waals surface area contributed by atoms with Crippen molar-refractivity contribution >= 4 is 24.8 Å². The molecule has 1 heterocycles. The first kappa shape index (κ1) is 34.7. The number of piperidine rings is 1. The molecule has 0 aliphatic carbocycles. The van der Waals surface area contributed by atoms with Crippen LogP contribution in [-0.4, -0.2) is 38.2 Å².